The zero-order chi connectivity index (χ0) is 7.98. The first-order valence-electron chi connectivity index (χ1n) is 2.68. The van der Waals surface area contributed by atoms with Crippen molar-refractivity contribution in [2.24, 2.45) is 5.73 Å². The summed E-state index contributed by atoms with van der Waals surface area (Å²) < 4.78 is 4.53. The SMILES string of the molecule is NC(COCC=O)C(=O)O. The molecule has 0 rings (SSSR count). The molecule has 0 aromatic rings. The molecule has 5 nitrogen and oxygen atoms in total. The van der Waals surface area contributed by atoms with E-state index in [1.54, 1.807) is 0 Å². The summed E-state index contributed by atoms with van der Waals surface area (Å²) in [5, 5.41) is 8.19. The van der Waals surface area contributed by atoms with Crippen molar-refractivity contribution >= 4 is 12.3 Å². The van der Waals surface area contributed by atoms with Gasteiger partial charge in [-0.15, -0.1) is 0 Å². The first kappa shape index (κ1) is 9.06. The van der Waals surface area contributed by atoms with Crippen LogP contribution >= 0.6 is 0 Å². The van der Waals surface area contributed by atoms with Crippen molar-refractivity contribution < 1.29 is 19.4 Å². The van der Waals surface area contributed by atoms with Crippen LogP contribution in [0.1, 0.15) is 0 Å². The van der Waals surface area contributed by atoms with Gasteiger partial charge >= 0.3 is 5.97 Å². The van der Waals surface area contributed by atoms with Gasteiger partial charge < -0.3 is 20.4 Å². The number of carboxylic acids is 1. The summed E-state index contributed by atoms with van der Waals surface area (Å²) in [7, 11) is 0. The minimum absolute atomic E-state index is 0.110. The summed E-state index contributed by atoms with van der Waals surface area (Å²) in [5.74, 6) is -1.13. The van der Waals surface area contributed by atoms with Crippen molar-refractivity contribution in [3.8, 4) is 0 Å². The van der Waals surface area contributed by atoms with Crippen molar-refractivity contribution in [3.05, 3.63) is 0 Å². The highest BCUT2D eigenvalue weighted by molar-refractivity contribution is 5.73. The van der Waals surface area contributed by atoms with E-state index < -0.39 is 12.0 Å². The summed E-state index contributed by atoms with van der Waals surface area (Å²) in [6, 6.07) is -1.04. The molecule has 0 radical (unpaired) electrons. The number of ether oxygens (including phenoxy) is 1. The molecule has 5 heteroatoms. The van der Waals surface area contributed by atoms with E-state index in [9.17, 15) is 9.59 Å². The summed E-state index contributed by atoms with van der Waals surface area (Å²) in [6.45, 7) is -0.241. The molecule has 0 saturated carbocycles. The van der Waals surface area contributed by atoms with E-state index in [4.69, 9.17) is 10.8 Å². The van der Waals surface area contributed by atoms with Crippen LogP contribution < -0.4 is 5.73 Å². The molecule has 0 aliphatic heterocycles. The van der Waals surface area contributed by atoms with Gasteiger partial charge in [0.2, 0.25) is 0 Å². The lowest BCUT2D eigenvalue weighted by atomic mass is 10.3. The third-order valence-corrected chi connectivity index (χ3v) is 0.800. The lowest BCUT2D eigenvalue weighted by molar-refractivity contribution is -0.140. The Labute approximate surface area is 57.8 Å². The van der Waals surface area contributed by atoms with E-state index in [-0.39, 0.29) is 13.2 Å². The predicted octanol–water partition coefficient (Wildman–Crippen LogP) is -1.39. The van der Waals surface area contributed by atoms with Crippen LogP contribution in [0.15, 0.2) is 0 Å². The molecule has 0 spiro atoms. The minimum atomic E-state index is -1.13. The zero-order valence-electron chi connectivity index (χ0n) is 5.32. The molecular formula is C5H9NO4. The Morgan fingerprint density at radius 2 is 2.40 bits per heavy atom. The fourth-order valence-corrected chi connectivity index (χ4v) is 0.314. The fraction of sp³-hybridized carbons (Fsp3) is 0.600. The van der Waals surface area contributed by atoms with Crippen molar-refractivity contribution in [2.75, 3.05) is 13.2 Å². The Bertz CT molecular complexity index is 125. The van der Waals surface area contributed by atoms with Gasteiger partial charge in [-0.2, -0.15) is 0 Å². The van der Waals surface area contributed by atoms with Gasteiger partial charge in [0.05, 0.1) is 6.61 Å². The Morgan fingerprint density at radius 3 is 2.80 bits per heavy atom. The lowest BCUT2D eigenvalue weighted by Gasteiger charge is -2.03. The summed E-state index contributed by atoms with van der Waals surface area (Å²) >= 11 is 0. The van der Waals surface area contributed by atoms with Crippen LogP contribution in [0.4, 0.5) is 0 Å². The maximum absolute atomic E-state index is 10.0. The van der Waals surface area contributed by atoms with Crippen molar-refractivity contribution in [1.82, 2.24) is 0 Å². The number of hydrogen-bond donors (Lipinski definition) is 2. The first-order chi connectivity index (χ1) is 4.68. The van der Waals surface area contributed by atoms with Crippen LogP contribution in [0.5, 0.6) is 0 Å². The molecule has 0 saturated heterocycles. The van der Waals surface area contributed by atoms with Gasteiger partial charge in [0, 0.05) is 0 Å². The molecule has 0 aliphatic rings. The quantitative estimate of drug-likeness (QED) is 0.369. The normalized spacial score (nSPS) is 12.5. The highest BCUT2D eigenvalue weighted by atomic mass is 16.5. The molecule has 0 aromatic heterocycles. The summed E-state index contributed by atoms with van der Waals surface area (Å²) in [5.41, 5.74) is 5.02. The molecule has 0 heterocycles. The molecule has 1 atom stereocenters. The highest BCUT2D eigenvalue weighted by Gasteiger charge is 2.09. The Kier molecular flexibility index (Phi) is 4.43. The van der Waals surface area contributed by atoms with E-state index in [0.29, 0.717) is 6.29 Å². The molecular weight excluding hydrogens is 138 g/mol. The number of carbonyl (C=O) groups is 2. The molecule has 1 unspecified atom stereocenters. The van der Waals surface area contributed by atoms with E-state index in [1.165, 1.54) is 0 Å². The molecule has 0 fully saturated rings. The second-order valence-corrected chi connectivity index (χ2v) is 1.65. The Morgan fingerprint density at radius 1 is 1.80 bits per heavy atom. The van der Waals surface area contributed by atoms with Gasteiger partial charge in [0.25, 0.3) is 0 Å². The molecule has 3 N–H and O–H groups in total. The van der Waals surface area contributed by atoms with E-state index >= 15 is 0 Å². The third kappa shape index (κ3) is 3.99. The van der Waals surface area contributed by atoms with E-state index in [0.717, 1.165) is 0 Å². The third-order valence-electron chi connectivity index (χ3n) is 0.800. The van der Waals surface area contributed by atoms with E-state index in [1.807, 2.05) is 0 Å². The number of aliphatic carboxylic acids is 1. The Hall–Kier alpha value is -0.940. The van der Waals surface area contributed by atoms with Gasteiger partial charge in [-0.25, -0.2) is 0 Å². The topological polar surface area (TPSA) is 89.6 Å². The molecule has 0 bridgehead atoms. The van der Waals surface area contributed by atoms with Crippen LogP contribution in [0.3, 0.4) is 0 Å². The fourth-order valence-electron chi connectivity index (χ4n) is 0.314. The minimum Gasteiger partial charge on any atom is -0.480 e. The highest BCUT2D eigenvalue weighted by Crippen LogP contribution is 1.79. The summed E-state index contributed by atoms with van der Waals surface area (Å²) in [6.07, 6.45) is 0.536. The second-order valence-electron chi connectivity index (χ2n) is 1.65. The second kappa shape index (κ2) is 4.89. The lowest BCUT2D eigenvalue weighted by Crippen LogP contribution is -2.35. The average Bonchev–Trinajstić information content (AvgIpc) is 1.88. The average molecular weight is 147 g/mol. The van der Waals surface area contributed by atoms with Crippen molar-refractivity contribution in [1.29, 1.82) is 0 Å². The molecule has 58 valence electrons. The van der Waals surface area contributed by atoms with E-state index in [2.05, 4.69) is 4.74 Å². The number of carboxylic acid groups (broad SMARTS) is 1. The van der Waals surface area contributed by atoms with Crippen LogP contribution in [0.25, 0.3) is 0 Å². The molecule has 10 heavy (non-hydrogen) atoms. The summed E-state index contributed by atoms with van der Waals surface area (Å²) in [4.78, 5) is 19.6. The van der Waals surface area contributed by atoms with Crippen LogP contribution in [-0.2, 0) is 14.3 Å². The number of rotatable bonds is 5. The standard InChI is InChI=1S/C5H9NO4/c6-4(5(8)9)3-10-2-1-7/h1,4H,2-3,6H2,(H,8,9). The molecule has 0 amide bonds. The molecule has 0 aromatic carbocycles. The predicted molar refractivity (Wildman–Crippen MR) is 32.5 cm³/mol. The maximum Gasteiger partial charge on any atom is 0.322 e. The number of aldehydes is 1. The van der Waals surface area contributed by atoms with Crippen molar-refractivity contribution in [3.63, 3.8) is 0 Å². The smallest absolute Gasteiger partial charge is 0.322 e. The largest absolute Gasteiger partial charge is 0.480 e. The Balaban J connectivity index is 3.30. The van der Waals surface area contributed by atoms with Crippen LogP contribution in [-0.4, -0.2) is 36.6 Å². The van der Waals surface area contributed by atoms with Gasteiger partial charge in [0.15, 0.2) is 0 Å². The number of nitrogens with two attached hydrogens (primary N) is 1. The molecule has 0 aliphatic carbocycles. The monoisotopic (exact) mass is 147 g/mol. The van der Waals surface area contributed by atoms with Gasteiger partial charge in [0.1, 0.15) is 18.9 Å². The van der Waals surface area contributed by atoms with Crippen molar-refractivity contribution in [2.45, 2.75) is 6.04 Å². The van der Waals surface area contributed by atoms with Gasteiger partial charge in [-0.05, 0) is 0 Å². The van der Waals surface area contributed by atoms with Crippen LogP contribution in [0.2, 0.25) is 0 Å². The number of hydrogen-bond acceptors (Lipinski definition) is 4. The first-order valence-corrected chi connectivity index (χ1v) is 2.68. The maximum atomic E-state index is 10.0. The van der Waals surface area contributed by atoms with Gasteiger partial charge in [-0.3, -0.25) is 4.79 Å². The van der Waals surface area contributed by atoms with Gasteiger partial charge in [-0.1, -0.05) is 0 Å². The zero-order valence-corrected chi connectivity index (χ0v) is 5.32. The van der Waals surface area contributed by atoms with Crippen LogP contribution in [0, 0.1) is 0 Å². The number of carbonyl (C=O) groups excluding carboxylic acids is 1.